The summed E-state index contributed by atoms with van der Waals surface area (Å²) in [6.07, 6.45) is 46.6. The van der Waals surface area contributed by atoms with Gasteiger partial charge < -0.3 is 27.9 Å². The summed E-state index contributed by atoms with van der Waals surface area (Å²) in [5.74, 6) is -0.339. The summed E-state index contributed by atoms with van der Waals surface area (Å²) < 4.78 is 34.7. The second-order valence-electron chi connectivity index (χ2n) is 17.8. The number of carbonyl (C=O) groups is 1. The van der Waals surface area contributed by atoms with E-state index < -0.39 is 13.9 Å². The number of nitrogens with zero attached hydrogens (tertiary/aromatic N) is 1. The Labute approximate surface area is 354 Å². The number of rotatable bonds is 46. The first-order chi connectivity index (χ1) is 27.6. The number of hydrogen-bond acceptors (Lipinski definition) is 7. The molecule has 2 atom stereocenters. The Bertz CT molecular complexity index is 925. The Morgan fingerprint density at radius 2 is 0.912 bits per heavy atom. The zero-order valence-electron chi connectivity index (χ0n) is 38.6. The van der Waals surface area contributed by atoms with E-state index in [-0.39, 0.29) is 25.8 Å². The lowest BCUT2D eigenvalue weighted by Gasteiger charge is -2.28. The lowest BCUT2D eigenvalue weighted by atomic mass is 10.0. The summed E-state index contributed by atoms with van der Waals surface area (Å²) in [5, 5.41) is 0. The monoisotopic (exact) mass is 830 g/mol. The zero-order chi connectivity index (χ0) is 42.0. The summed E-state index contributed by atoms with van der Waals surface area (Å²) in [6, 6.07) is 0. The van der Waals surface area contributed by atoms with E-state index in [1.807, 2.05) is 21.1 Å². The summed E-state index contributed by atoms with van der Waals surface area (Å²) in [4.78, 5) is 25.1. The van der Waals surface area contributed by atoms with Gasteiger partial charge in [-0.25, -0.2) is 0 Å². The van der Waals surface area contributed by atoms with Gasteiger partial charge in [0.25, 0.3) is 7.82 Å². The number of esters is 1. The largest absolute Gasteiger partial charge is 0.756 e. The van der Waals surface area contributed by atoms with Gasteiger partial charge in [-0.2, -0.15) is 0 Å². The molecule has 2 unspecified atom stereocenters. The molecule has 0 fully saturated rings. The first-order valence-corrected chi connectivity index (χ1v) is 25.9. The minimum atomic E-state index is -4.52. The van der Waals surface area contributed by atoms with E-state index in [1.54, 1.807) is 0 Å². The smallest absolute Gasteiger partial charge is 0.306 e. The summed E-state index contributed by atoms with van der Waals surface area (Å²) in [6.45, 7) is 5.44. The van der Waals surface area contributed by atoms with Crippen molar-refractivity contribution < 1.29 is 37.3 Å². The molecule has 0 aromatic rings. The van der Waals surface area contributed by atoms with Crippen molar-refractivity contribution in [3.63, 3.8) is 0 Å². The standard InChI is InChI=1S/C48H96NO7P/c1-6-8-10-12-14-16-18-20-21-22-23-24-25-26-27-28-30-32-34-36-38-40-43-53-45-47(46-55-57(51,52)54-44-42-49(3,4)5)56-48(50)41-39-37-35-33-31-29-19-17-15-13-11-9-7-2/h17,19,47H,6-16,18,20-46H2,1-5H3/b19-17-. The molecule has 0 spiro atoms. The van der Waals surface area contributed by atoms with Gasteiger partial charge in [0.05, 0.1) is 34.4 Å². The molecular formula is C48H96NO7P. The van der Waals surface area contributed by atoms with Crippen LogP contribution in [0.1, 0.15) is 232 Å². The number of allylic oxidation sites excluding steroid dienone is 2. The average Bonchev–Trinajstić information content (AvgIpc) is 3.16. The third-order valence-electron chi connectivity index (χ3n) is 10.8. The summed E-state index contributed by atoms with van der Waals surface area (Å²) in [5.41, 5.74) is 0. The molecular weight excluding hydrogens is 734 g/mol. The van der Waals surface area contributed by atoms with Crippen LogP contribution in [0, 0.1) is 0 Å². The number of unbranched alkanes of at least 4 members (excludes halogenated alkanes) is 30. The number of phosphoric acid groups is 1. The number of quaternary nitrogens is 1. The highest BCUT2D eigenvalue weighted by Crippen LogP contribution is 2.38. The molecule has 0 radical (unpaired) electrons. The molecule has 340 valence electrons. The molecule has 0 aromatic carbocycles. The Morgan fingerprint density at radius 1 is 0.526 bits per heavy atom. The maximum Gasteiger partial charge on any atom is 0.306 e. The molecule has 0 heterocycles. The average molecular weight is 830 g/mol. The SMILES string of the molecule is CCCCCC/C=C\CCCCCCCC(=O)OC(COCCCCCCCCCCCCCCCCCCCCCCCC)COP(=O)([O-])OCC[N+](C)(C)C. The van der Waals surface area contributed by atoms with Gasteiger partial charge in [-0.15, -0.1) is 0 Å². The first kappa shape index (κ1) is 56.2. The van der Waals surface area contributed by atoms with Crippen LogP contribution in [0.3, 0.4) is 0 Å². The van der Waals surface area contributed by atoms with Crippen LogP contribution in [0.15, 0.2) is 12.2 Å². The van der Waals surface area contributed by atoms with Crippen molar-refractivity contribution in [2.75, 3.05) is 54.1 Å². The molecule has 0 rings (SSSR count). The highest BCUT2D eigenvalue weighted by Gasteiger charge is 2.20. The number of hydrogen-bond donors (Lipinski definition) is 0. The summed E-state index contributed by atoms with van der Waals surface area (Å²) in [7, 11) is 1.36. The molecule has 0 saturated carbocycles. The highest BCUT2D eigenvalue weighted by atomic mass is 31.2. The van der Waals surface area contributed by atoms with Crippen molar-refractivity contribution in [3.8, 4) is 0 Å². The second-order valence-corrected chi connectivity index (χ2v) is 19.2. The molecule has 0 N–H and O–H groups in total. The maximum atomic E-state index is 12.7. The number of phosphoric ester groups is 1. The topological polar surface area (TPSA) is 94.1 Å². The summed E-state index contributed by atoms with van der Waals surface area (Å²) >= 11 is 0. The number of likely N-dealkylation sites (N-methyl/N-ethyl adjacent to an activating group) is 1. The number of ether oxygens (including phenoxy) is 2. The van der Waals surface area contributed by atoms with Gasteiger partial charge in [0.1, 0.15) is 19.3 Å². The molecule has 0 aliphatic heterocycles. The Morgan fingerprint density at radius 3 is 1.35 bits per heavy atom. The fourth-order valence-corrected chi connectivity index (χ4v) is 7.74. The van der Waals surface area contributed by atoms with Crippen LogP contribution in [-0.4, -0.2) is 70.7 Å². The molecule has 9 heteroatoms. The fourth-order valence-electron chi connectivity index (χ4n) is 7.01. The lowest BCUT2D eigenvalue weighted by Crippen LogP contribution is -2.37. The zero-order valence-corrected chi connectivity index (χ0v) is 39.5. The van der Waals surface area contributed by atoms with Crippen LogP contribution in [-0.2, 0) is 27.9 Å². The molecule has 0 bridgehead atoms. The van der Waals surface area contributed by atoms with E-state index in [0.29, 0.717) is 24.1 Å². The third-order valence-corrected chi connectivity index (χ3v) is 11.8. The van der Waals surface area contributed by atoms with E-state index in [4.69, 9.17) is 18.5 Å². The van der Waals surface area contributed by atoms with Crippen LogP contribution < -0.4 is 4.89 Å². The molecule has 0 aliphatic rings. The molecule has 0 amide bonds. The molecule has 57 heavy (non-hydrogen) atoms. The van der Waals surface area contributed by atoms with Gasteiger partial charge in [0.2, 0.25) is 0 Å². The predicted molar refractivity (Wildman–Crippen MR) is 241 cm³/mol. The van der Waals surface area contributed by atoms with Gasteiger partial charge in [-0.1, -0.05) is 199 Å². The Balaban J connectivity index is 4.07. The van der Waals surface area contributed by atoms with E-state index in [1.165, 1.54) is 167 Å². The minimum Gasteiger partial charge on any atom is -0.756 e. The predicted octanol–water partition coefficient (Wildman–Crippen LogP) is 14.0. The van der Waals surface area contributed by atoms with Crippen LogP contribution in [0.2, 0.25) is 0 Å². The van der Waals surface area contributed by atoms with Crippen LogP contribution in [0.5, 0.6) is 0 Å². The van der Waals surface area contributed by atoms with Crippen molar-refractivity contribution in [1.82, 2.24) is 0 Å². The van der Waals surface area contributed by atoms with E-state index in [9.17, 15) is 14.3 Å². The van der Waals surface area contributed by atoms with Crippen molar-refractivity contribution in [2.24, 2.45) is 0 Å². The molecule has 0 aliphatic carbocycles. The Hall–Kier alpha value is -0.760. The van der Waals surface area contributed by atoms with E-state index >= 15 is 0 Å². The first-order valence-electron chi connectivity index (χ1n) is 24.4. The third kappa shape index (κ3) is 46.2. The highest BCUT2D eigenvalue weighted by molar-refractivity contribution is 7.45. The lowest BCUT2D eigenvalue weighted by molar-refractivity contribution is -0.870. The van der Waals surface area contributed by atoms with Gasteiger partial charge in [-0.3, -0.25) is 9.36 Å². The van der Waals surface area contributed by atoms with Crippen molar-refractivity contribution >= 4 is 13.8 Å². The van der Waals surface area contributed by atoms with Crippen LogP contribution >= 0.6 is 7.82 Å². The van der Waals surface area contributed by atoms with Gasteiger partial charge >= 0.3 is 5.97 Å². The van der Waals surface area contributed by atoms with Gasteiger partial charge in [0, 0.05) is 13.0 Å². The molecule has 0 saturated heterocycles. The van der Waals surface area contributed by atoms with E-state index in [2.05, 4.69) is 26.0 Å². The second kappa shape index (κ2) is 42.0. The molecule has 8 nitrogen and oxygen atoms in total. The molecule has 0 aromatic heterocycles. The normalized spacial score (nSPS) is 13.7. The van der Waals surface area contributed by atoms with Gasteiger partial charge in [0.15, 0.2) is 0 Å². The Kier molecular flexibility index (Phi) is 41.4. The number of carbonyl (C=O) groups excluding carboxylic acids is 1. The van der Waals surface area contributed by atoms with Crippen molar-refractivity contribution in [2.45, 2.75) is 238 Å². The van der Waals surface area contributed by atoms with E-state index in [0.717, 1.165) is 44.9 Å². The maximum absolute atomic E-state index is 12.7. The fraction of sp³-hybridized carbons (Fsp3) is 0.938. The van der Waals surface area contributed by atoms with Crippen LogP contribution in [0.25, 0.3) is 0 Å². The van der Waals surface area contributed by atoms with Crippen molar-refractivity contribution in [1.29, 1.82) is 0 Å². The quantitative estimate of drug-likeness (QED) is 0.0198. The van der Waals surface area contributed by atoms with Crippen LogP contribution in [0.4, 0.5) is 0 Å². The minimum absolute atomic E-state index is 0.0279. The van der Waals surface area contributed by atoms with Crippen molar-refractivity contribution in [3.05, 3.63) is 12.2 Å². The van der Waals surface area contributed by atoms with Gasteiger partial charge in [-0.05, 0) is 38.5 Å².